The van der Waals surface area contributed by atoms with E-state index in [9.17, 15) is 24.3 Å². The fourth-order valence-electron chi connectivity index (χ4n) is 10.7. The minimum atomic E-state index is -0.913. The maximum Gasteiger partial charge on any atom is 0.246 e. The number of nitrogens with one attached hydrogen (secondary N) is 3. The number of hydrogen-bond acceptors (Lipinski definition) is 11. The molecular formula is C55H66ClN7O7S. The summed E-state index contributed by atoms with van der Waals surface area (Å²) >= 11 is 7.94. The summed E-state index contributed by atoms with van der Waals surface area (Å²) < 4.78 is 6.49. The standard InChI is InChI=1S/C55H66ClN7O7S/c1-31-21-24-71-51(31)36-13-11-34(12-14-36)32(2)57-53(67)45-27-39(64)29-63(45)54(68)52(55(4,5)6)60-47(66)30-62-22-19-40(20-23-62)69-41-25-38(26-41)58-46(65)28-44-50-48(33(3)61-70-50)42-9-7-8-10-43(42)49(59-44)35-15-17-37(56)18-16-35/h7-18,21,24,32,38-41,44-45,48,50,52,64H,19-20,22-23,25-30H2,1-6H3,(H,57,67)(H,58,65)(H,60,66)/t32-,38-,39+,41-,44-,45-,48?,50?,52+/m0/s1. The van der Waals surface area contributed by atoms with E-state index in [0.29, 0.717) is 18.1 Å². The van der Waals surface area contributed by atoms with Crippen LogP contribution in [0.2, 0.25) is 5.02 Å². The number of β-amino-alcohol motifs (C(OH)–C–C–N with tert-alkyl or cyclic N) is 1. The molecule has 4 aliphatic heterocycles. The summed E-state index contributed by atoms with van der Waals surface area (Å²) in [6.07, 6.45) is 2.01. The highest BCUT2D eigenvalue weighted by atomic mass is 35.5. The third kappa shape index (κ3) is 11.4. The zero-order valence-corrected chi connectivity index (χ0v) is 43.0. The summed E-state index contributed by atoms with van der Waals surface area (Å²) in [7, 11) is 0. The number of rotatable bonds is 14. The van der Waals surface area contributed by atoms with Gasteiger partial charge in [0.05, 0.1) is 60.7 Å². The summed E-state index contributed by atoms with van der Waals surface area (Å²) in [6.45, 7) is 13.1. The molecule has 5 aliphatic rings. The number of amides is 4. The molecule has 2 unspecified atom stereocenters. The predicted octanol–water partition coefficient (Wildman–Crippen LogP) is 7.34. The molecule has 4 N–H and O–H groups in total. The second-order valence-corrected chi connectivity index (χ2v) is 22.5. The highest BCUT2D eigenvalue weighted by Crippen LogP contribution is 2.39. The molecule has 1 saturated carbocycles. The van der Waals surface area contributed by atoms with Gasteiger partial charge in [0, 0.05) is 53.1 Å². The van der Waals surface area contributed by atoms with Gasteiger partial charge in [0.15, 0.2) is 6.10 Å². The second kappa shape index (κ2) is 21.3. The number of aliphatic hydroxyl groups excluding tert-OH is 1. The van der Waals surface area contributed by atoms with E-state index in [1.54, 1.807) is 11.3 Å². The number of halogens is 1. The van der Waals surface area contributed by atoms with Crippen molar-refractivity contribution in [3.8, 4) is 10.4 Å². The minimum absolute atomic E-state index is 0.00268. The van der Waals surface area contributed by atoms with Gasteiger partial charge in [-0.1, -0.05) is 98.2 Å². The summed E-state index contributed by atoms with van der Waals surface area (Å²) in [4.78, 5) is 71.3. The minimum Gasteiger partial charge on any atom is -0.391 e. The lowest BCUT2D eigenvalue weighted by Crippen LogP contribution is -2.59. The van der Waals surface area contributed by atoms with E-state index in [0.717, 1.165) is 64.9 Å². The van der Waals surface area contributed by atoms with Crippen LogP contribution in [0, 0.1) is 12.3 Å². The number of benzene rings is 3. The van der Waals surface area contributed by atoms with E-state index < -0.39 is 35.7 Å². The smallest absolute Gasteiger partial charge is 0.246 e. The molecule has 7 atom stereocenters. The highest BCUT2D eigenvalue weighted by molar-refractivity contribution is 7.13. The van der Waals surface area contributed by atoms with Gasteiger partial charge in [-0.2, -0.15) is 0 Å². The lowest BCUT2D eigenvalue weighted by atomic mass is 9.83. The van der Waals surface area contributed by atoms with Crippen molar-refractivity contribution < 1.29 is 33.9 Å². The Morgan fingerprint density at radius 2 is 1.61 bits per heavy atom. The van der Waals surface area contributed by atoms with Crippen LogP contribution in [0.25, 0.3) is 10.4 Å². The number of piperidine rings is 1. The number of carbonyl (C=O) groups is 4. The van der Waals surface area contributed by atoms with Crippen molar-refractivity contribution >= 4 is 58.0 Å². The van der Waals surface area contributed by atoms with Crippen molar-refractivity contribution in [1.29, 1.82) is 0 Å². The molecule has 0 spiro atoms. The van der Waals surface area contributed by atoms with Gasteiger partial charge >= 0.3 is 0 Å². The fraction of sp³-hybridized carbons (Fsp3) is 0.491. The number of ether oxygens (including phenoxy) is 1. The van der Waals surface area contributed by atoms with Crippen molar-refractivity contribution in [2.75, 3.05) is 26.2 Å². The van der Waals surface area contributed by atoms with Crippen molar-refractivity contribution in [3.05, 3.63) is 117 Å². The molecule has 1 aromatic heterocycles. The number of aliphatic imine (C=N–C) groups is 1. The van der Waals surface area contributed by atoms with Gasteiger partial charge in [-0.25, -0.2) is 0 Å². The Morgan fingerprint density at radius 3 is 2.30 bits per heavy atom. The van der Waals surface area contributed by atoms with E-state index >= 15 is 0 Å². The maximum atomic E-state index is 14.3. The molecule has 376 valence electrons. The highest BCUT2D eigenvalue weighted by Gasteiger charge is 2.46. The lowest BCUT2D eigenvalue weighted by molar-refractivity contribution is -0.144. The Balaban J connectivity index is 0.727. The van der Waals surface area contributed by atoms with Crippen molar-refractivity contribution in [1.82, 2.24) is 25.8 Å². The molecule has 2 saturated heterocycles. The van der Waals surface area contributed by atoms with E-state index in [4.69, 9.17) is 26.2 Å². The number of hydrogen-bond donors (Lipinski definition) is 4. The molecule has 71 heavy (non-hydrogen) atoms. The van der Waals surface area contributed by atoms with Crippen molar-refractivity contribution in [3.63, 3.8) is 0 Å². The number of nitrogens with zero attached hydrogens (tertiary/aromatic N) is 4. The first kappa shape index (κ1) is 50.5. The molecular weight excluding hydrogens is 938 g/mol. The van der Waals surface area contributed by atoms with Gasteiger partial charge < -0.3 is 35.5 Å². The zero-order valence-electron chi connectivity index (χ0n) is 41.4. The van der Waals surface area contributed by atoms with E-state index in [1.807, 2.05) is 83.1 Å². The summed E-state index contributed by atoms with van der Waals surface area (Å²) in [5.74, 6) is -1.22. The molecule has 4 aromatic rings. The summed E-state index contributed by atoms with van der Waals surface area (Å²) in [5, 5.41) is 27.1. The first-order chi connectivity index (χ1) is 34.0. The molecule has 14 nitrogen and oxygen atoms in total. The normalized spacial score (nSPS) is 25.3. The van der Waals surface area contributed by atoms with E-state index in [2.05, 4.69) is 68.6 Å². The van der Waals surface area contributed by atoms with Gasteiger partial charge in [0.1, 0.15) is 12.1 Å². The van der Waals surface area contributed by atoms with Crippen molar-refractivity contribution in [2.45, 2.75) is 141 Å². The molecule has 0 radical (unpaired) electrons. The average Bonchev–Trinajstić information content (AvgIpc) is 4.04. The van der Waals surface area contributed by atoms with Crippen LogP contribution in [0.15, 0.2) is 94.4 Å². The Bertz CT molecular complexity index is 2650. The van der Waals surface area contributed by atoms with Crippen LogP contribution in [0.4, 0.5) is 0 Å². The first-order valence-electron chi connectivity index (χ1n) is 25.0. The van der Waals surface area contributed by atoms with Gasteiger partial charge in [0.25, 0.3) is 0 Å². The number of aryl methyl sites for hydroxylation is 1. The molecule has 16 heteroatoms. The van der Waals surface area contributed by atoms with Gasteiger partial charge in [-0.15, -0.1) is 11.3 Å². The van der Waals surface area contributed by atoms with Crippen LogP contribution in [-0.2, 0) is 28.8 Å². The average molecular weight is 1000 g/mol. The van der Waals surface area contributed by atoms with Gasteiger partial charge in [-0.3, -0.25) is 29.1 Å². The SMILES string of the molecule is CC1=NOC2C1c1ccccc1C(c1ccc(Cl)cc1)=N[C@H]2CC(=O)N[C@H]1C[C@H](OC2CCN(CC(=O)N[C@H](C(=O)N3C[C@H](O)C[C@H]3C(=O)N[C@@H](C)c3ccc(-c4sccc4C)cc3)C(C)(C)C)CC2)C1. The van der Waals surface area contributed by atoms with Crippen LogP contribution in [-0.4, -0.2) is 125 Å². The first-order valence-corrected chi connectivity index (χ1v) is 26.3. The molecule has 9 rings (SSSR count). The Kier molecular flexibility index (Phi) is 15.2. The Morgan fingerprint density at radius 1 is 0.901 bits per heavy atom. The topological polar surface area (TPSA) is 174 Å². The number of thiophene rings is 1. The molecule has 0 bridgehead atoms. The van der Waals surface area contributed by atoms with E-state index in [-0.39, 0.29) is 79.8 Å². The number of fused-ring (bicyclic) bond motifs is 3. The van der Waals surface area contributed by atoms with Crippen LogP contribution < -0.4 is 16.0 Å². The van der Waals surface area contributed by atoms with Crippen LogP contribution in [0.1, 0.15) is 113 Å². The van der Waals surface area contributed by atoms with Crippen LogP contribution in [0.3, 0.4) is 0 Å². The number of aliphatic hydroxyl groups is 1. The number of oxime groups is 1. The quantitative estimate of drug-likeness (QED) is 0.102. The zero-order chi connectivity index (χ0) is 50.1. The third-order valence-electron chi connectivity index (χ3n) is 14.8. The Labute approximate surface area is 425 Å². The molecule has 5 heterocycles. The number of carbonyl (C=O) groups excluding carboxylic acids is 4. The fourth-order valence-corrected chi connectivity index (χ4v) is 11.8. The molecule has 4 amide bonds. The van der Waals surface area contributed by atoms with Crippen LogP contribution >= 0.6 is 22.9 Å². The predicted molar refractivity (Wildman–Crippen MR) is 277 cm³/mol. The van der Waals surface area contributed by atoms with Crippen LogP contribution in [0.5, 0.6) is 0 Å². The second-order valence-electron chi connectivity index (χ2n) is 21.1. The molecule has 1 aliphatic carbocycles. The summed E-state index contributed by atoms with van der Waals surface area (Å²) in [6, 6.07) is 23.4. The van der Waals surface area contributed by atoms with E-state index in [1.165, 1.54) is 15.3 Å². The molecule has 3 aromatic carbocycles. The largest absolute Gasteiger partial charge is 0.391 e. The Hall–Kier alpha value is -5.45. The lowest BCUT2D eigenvalue weighted by Gasteiger charge is -2.40. The third-order valence-corrected chi connectivity index (χ3v) is 16.1. The van der Waals surface area contributed by atoms with Gasteiger partial charge in [0.2, 0.25) is 23.6 Å². The maximum absolute atomic E-state index is 14.3. The monoisotopic (exact) mass is 1000 g/mol. The summed E-state index contributed by atoms with van der Waals surface area (Å²) in [5.41, 5.74) is 7.25. The van der Waals surface area contributed by atoms with Gasteiger partial charge in [-0.05, 0) is 97.7 Å². The number of likely N-dealkylation sites (tertiary alicyclic amines) is 2. The molecule has 3 fully saturated rings. The van der Waals surface area contributed by atoms with Crippen molar-refractivity contribution in [2.24, 2.45) is 15.6 Å².